The lowest BCUT2D eigenvalue weighted by Gasteiger charge is -2.12. The van der Waals surface area contributed by atoms with Crippen molar-refractivity contribution in [2.24, 2.45) is 0 Å². The van der Waals surface area contributed by atoms with Gasteiger partial charge in [-0.2, -0.15) is 0 Å². The number of fused-ring (bicyclic) bond motifs is 9. The molecule has 0 saturated heterocycles. The first-order chi connectivity index (χ1) is 34.0. The molecule has 0 aliphatic rings. The van der Waals surface area contributed by atoms with Gasteiger partial charge < -0.3 is 25.2 Å². The normalized spacial score (nSPS) is 10.9. The molecule has 0 aliphatic heterocycles. The number of halogens is 3. The quantitative estimate of drug-likeness (QED) is 0.0776. The monoisotopic (exact) mass is 984 g/mol. The van der Waals surface area contributed by atoms with Gasteiger partial charge in [-0.05, 0) is 91.0 Å². The number of ether oxygens (including phenoxy) is 2. The van der Waals surface area contributed by atoms with Crippen molar-refractivity contribution in [1.82, 2.24) is 29.9 Å². The number of aromatic carboxylic acids is 1. The Morgan fingerprint density at radius 1 is 0.457 bits per heavy atom. The van der Waals surface area contributed by atoms with Crippen molar-refractivity contribution in [2.45, 2.75) is 0 Å². The topological polar surface area (TPSA) is 191 Å². The molecule has 70 heavy (non-hydrogen) atoms. The zero-order chi connectivity index (χ0) is 48.9. The van der Waals surface area contributed by atoms with Gasteiger partial charge >= 0.3 is 17.9 Å². The van der Waals surface area contributed by atoms with Crippen LogP contribution in [-0.4, -0.2) is 67.1 Å². The fraction of sp³-hybridized carbons (Fsp3) is 0.0377. The molecule has 0 aliphatic carbocycles. The fourth-order valence-electron chi connectivity index (χ4n) is 7.72. The molecule has 0 saturated carbocycles. The Kier molecular flexibility index (Phi) is 13.5. The number of benzene rings is 5. The number of anilines is 4. The number of carboxylic acids is 1. The first-order valence-electron chi connectivity index (χ1n) is 21.1. The molecule has 11 rings (SSSR count). The van der Waals surface area contributed by atoms with E-state index in [4.69, 9.17) is 49.3 Å². The zero-order valence-corrected chi connectivity index (χ0v) is 39.1. The van der Waals surface area contributed by atoms with Crippen molar-refractivity contribution in [3.8, 4) is 0 Å². The molecule has 0 amide bonds. The summed E-state index contributed by atoms with van der Waals surface area (Å²) in [5, 5.41) is 25.5. The van der Waals surface area contributed by atoms with Crippen LogP contribution in [0.4, 0.5) is 23.0 Å². The lowest BCUT2D eigenvalue weighted by atomic mass is 10.1. The summed E-state index contributed by atoms with van der Waals surface area (Å²) in [6, 6.07) is 35.7. The van der Waals surface area contributed by atoms with Gasteiger partial charge in [-0.15, -0.1) is 0 Å². The van der Waals surface area contributed by atoms with Gasteiger partial charge in [0.1, 0.15) is 16.8 Å². The van der Waals surface area contributed by atoms with E-state index >= 15 is 0 Å². The summed E-state index contributed by atoms with van der Waals surface area (Å²) < 4.78 is 9.49. The van der Waals surface area contributed by atoms with Crippen molar-refractivity contribution in [1.29, 1.82) is 0 Å². The molecule has 0 spiro atoms. The summed E-state index contributed by atoms with van der Waals surface area (Å²) in [5.41, 5.74) is 4.62. The molecule has 11 aromatic rings. The number of hydrogen-bond donors (Lipinski definition) is 3. The second kappa shape index (κ2) is 20.3. The third-order valence-corrected chi connectivity index (χ3v) is 11.8. The second-order valence-electron chi connectivity index (χ2n) is 15.3. The molecule has 6 heterocycles. The number of esters is 2. The summed E-state index contributed by atoms with van der Waals surface area (Å²) in [6.07, 6.45) is 10.4. The van der Waals surface area contributed by atoms with E-state index < -0.39 is 17.9 Å². The SMILES string of the molecule is COC(=O)c1ccc2c(c1)nc(Cl)c1ccncc12.COC(=O)c1ccc2c(c1)nc(Nc1cccc(Cl)c1)c1ccncc12.O=C(O)c1ccc2c(c1)nc(Nc1cccc(Cl)c1)c1ccncc12. The minimum Gasteiger partial charge on any atom is -0.478 e. The molecule has 3 N–H and O–H groups in total. The number of carbonyl (C=O) groups excluding carboxylic acids is 2. The highest BCUT2D eigenvalue weighted by Crippen LogP contribution is 2.34. The number of aromatic nitrogens is 6. The molecule has 14 nitrogen and oxygen atoms in total. The van der Waals surface area contributed by atoms with Crippen molar-refractivity contribution in [2.75, 3.05) is 24.9 Å². The summed E-state index contributed by atoms with van der Waals surface area (Å²) in [7, 11) is 2.70. The highest BCUT2D eigenvalue weighted by Gasteiger charge is 2.15. The summed E-state index contributed by atoms with van der Waals surface area (Å²) in [5.74, 6) is -0.497. The summed E-state index contributed by atoms with van der Waals surface area (Å²) >= 11 is 18.3. The molecule has 0 unspecified atom stereocenters. The maximum Gasteiger partial charge on any atom is 0.337 e. The largest absolute Gasteiger partial charge is 0.478 e. The van der Waals surface area contributed by atoms with Crippen molar-refractivity contribution >= 4 is 141 Å². The molecular formula is C53H35Cl3N8O6. The Labute approximate surface area is 412 Å². The first kappa shape index (κ1) is 46.5. The van der Waals surface area contributed by atoms with Crippen LogP contribution in [0.1, 0.15) is 31.1 Å². The van der Waals surface area contributed by atoms with Crippen LogP contribution < -0.4 is 10.6 Å². The number of rotatable bonds is 7. The Hall–Kier alpha value is -8.56. The second-order valence-corrected chi connectivity index (χ2v) is 16.6. The minimum atomic E-state index is -0.987. The average Bonchev–Trinajstić information content (AvgIpc) is 3.38. The fourth-order valence-corrected chi connectivity index (χ4v) is 8.36. The van der Waals surface area contributed by atoms with Crippen LogP contribution in [0.5, 0.6) is 0 Å². The van der Waals surface area contributed by atoms with Gasteiger partial charge in [-0.25, -0.2) is 29.3 Å². The highest BCUT2D eigenvalue weighted by molar-refractivity contribution is 6.35. The molecule has 0 bridgehead atoms. The van der Waals surface area contributed by atoms with E-state index in [9.17, 15) is 19.5 Å². The molecule has 5 aromatic carbocycles. The Morgan fingerprint density at radius 3 is 1.29 bits per heavy atom. The number of carbonyl (C=O) groups is 3. The molecular weight excluding hydrogens is 951 g/mol. The van der Waals surface area contributed by atoms with Gasteiger partial charge in [0.05, 0.1) is 47.5 Å². The van der Waals surface area contributed by atoms with Crippen LogP contribution in [0.3, 0.4) is 0 Å². The van der Waals surface area contributed by atoms with Gasteiger partial charge in [-0.1, -0.05) is 65.1 Å². The van der Waals surface area contributed by atoms with Crippen LogP contribution in [-0.2, 0) is 9.47 Å². The molecule has 0 atom stereocenters. The summed E-state index contributed by atoms with van der Waals surface area (Å²) in [4.78, 5) is 60.8. The molecule has 17 heteroatoms. The number of carboxylic acid groups (broad SMARTS) is 1. The Balaban J connectivity index is 0.000000132. The first-order valence-corrected chi connectivity index (χ1v) is 22.2. The Morgan fingerprint density at radius 2 is 0.857 bits per heavy atom. The van der Waals surface area contributed by atoms with Crippen molar-refractivity contribution < 1.29 is 29.0 Å². The van der Waals surface area contributed by atoms with Gasteiger partial charge in [0, 0.05) is 107 Å². The standard InChI is InChI=1S/C20H14ClN3O2.C19H12ClN3O2.C14H9ClN2O2/c1-26-20(25)12-5-6-15-17-11-22-8-7-16(17)19(24-18(15)9-12)23-14-4-2-3-13(21)10-14;20-12-2-1-3-13(9-12)22-18-15-6-7-21-10-16(15)14-5-4-11(19(24)25)8-17(14)23-18;1-19-14(18)8-2-3-9-11-7-16-5-4-10(11)13(15)17-12(9)6-8/h2-11H,1H3,(H,23,24);1-10H,(H,22,23)(H,24,25);2-7H,1H3. The van der Waals surface area contributed by atoms with Crippen molar-refractivity contribution in [3.63, 3.8) is 0 Å². The van der Waals surface area contributed by atoms with Crippen LogP contribution in [0.15, 0.2) is 159 Å². The maximum absolute atomic E-state index is 11.8. The van der Waals surface area contributed by atoms with Gasteiger partial charge in [-0.3, -0.25) is 15.0 Å². The van der Waals surface area contributed by atoms with Gasteiger partial charge in [0.25, 0.3) is 0 Å². The third kappa shape index (κ3) is 9.87. The van der Waals surface area contributed by atoms with E-state index in [0.29, 0.717) is 54.5 Å². The van der Waals surface area contributed by atoms with E-state index in [-0.39, 0.29) is 5.56 Å². The maximum atomic E-state index is 11.8. The van der Waals surface area contributed by atoms with Gasteiger partial charge in [0.2, 0.25) is 0 Å². The minimum absolute atomic E-state index is 0.192. The van der Waals surface area contributed by atoms with Crippen LogP contribution >= 0.6 is 34.8 Å². The van der Waals surface area contributed by atoms with Gasteiger partial charge in [0.15, 0.2) is 0 Å². The lowest BCUT2D eigenvalue weighted by Crippen LogP contribution is -2.02. The van der Waals surface area contributed by atoms with Crippen molar-refractivity contribution in [3.05, 3.63) is 190 Å². The van der Waals surface area contributed by atoms with Crippen LogP contribution in [0.25, 0.3) is 65.0 Å². The smallest absolute Gasteiger partial charge is 0.337 e. The predicted octanol–water partition coefficient (Wildman–Crippen LogP) is 13.1. The van der Waals surface area contributed by atoms with E-state index in [1.54, 1.807) is 91.8 Å². The number of pyridine rings is 6. The number of nitrogens with one attached hydrogen (secondary N) is 2. The zero-order valence-electron chi connectivity index (χ0n) is 36.8. The predicted molar refractivity (Wildman–Crippen MR) is 275 cm³/mol. The van der Waals surface area contributed by atoms with Crippen LogP contribution in [0.2, 0.25) is 15.2 Å². The number of hydrogen-bond acceptors (Lipinski definition) is 13. The molecule has 0 fully saturated rings. The van der Waals surface area contributed by atoms with Crippen LogP contribution in [0, 0.1) is 0 Å². The van der Waals surface area contributed by atoms with E-state index in [1.165, 1.54) is 14.2 Å². The third-order valence-electron chi connectivity index (χ3n) is 11.0. The average molecular weight is 986 g/mol. The lowest BCUT2D eigenvalue weighted by molar-refractivity contribution is 0.0592. The van der Waals surface area contributed by atoms with E-state index in [1.807, 2.05) is 66.7 Å². The highest BCUT2D eigenvalue weighted by atomic mass is 35.5. The molecule has 0 radical (unpaired) electrons. The Bertz CT molecular complexity index is 3860. The van der Waals surface area contributed by atoms with E-state index in [0.717, 1.165) is 59.9 Å². The number of methoxy groups -OCH3 is 2. The molecule has 6 aromatic heterocycles. The summed E-state index contributed by atoms with van der Waals surface area (Å²) in [6.45, 7) is 0. The number of nitrogens with zero attached hydrogens (tertiary/aromatic N) is 6. The molecule has 344 valence electrons. The van der Waals surface area contributed by atoms with E-state index in [2.05, 4.69) is 35.6 Å².